The van der Waals surface area contributed by atoms with Gasteiger partial charge in [-0.1, -0.05) is 40.5 Å². The number of hydrogen-bond acceptors (Lipinski definition) is 1. The van der Waals surface area contributed by atoms with E-state index in [4.69, 9.17) is 5.73 Å². The molecule has 0 atom stereocenters. The molecular formula is C14H20BrN3. The van der Waals surface area contributed by atoms with Gasteiger partial charge in [0, 0.05) is 17.6 Å². The zero-order valence-corrected chi connectivity index (χ0v) is 12.1. The van der Waals surface area contributed by atoms with Gasteiger partial charge in [-0.3, -0.25) is 4.99 Å². The SMILES string of the molecule is NC(=NCC1CCC1)NCCc1ccccc1Br. The van der Waals surface area contributed by atoms with E-state index in [9.17, 15) is 0 Å². The molecule has 3 N–H and O–H groups in total. The van der Waals surface area contributed by atoms with Crippen molar-refractivity contribution in [2.75, 3.05) is 13.1 Å². The van der Waals surface area contributed by atoms with Crippen LogP contribution in [0.25, 0.3) is 0 Å². The van der Waals surface area contributed by atoms with Gasteiger partial charge in [0.05, 0.1) is 0 Å². The highest BCUT2D eigenvalue weighted by molar-refractivity contribution is 9.10. The smallest absolute Gasteiger partial charge is 0.188 e. The summed E-state index contributed by atoms with van der Waals surface area (Å²) in [6.07, 6.45) is 4.93. The van der Waals surface area contributed by atoms with E-state index in [1.165, 1.54) is 24.8 Å². The lowest BCUT2D eigenvalue weighted by molar-refractivity contribution is 0.326. The summed E-state index contributed by atoms with van der Waals surface area (Å²) in [5, 5.41) is 3.17. The van der Waals surface area contributed by atoms with Gasteiger partial charge in [-0.05, 0) is 36.8 Å². The number of nitrogens with one attached hydrogen (secondary N) is 1. The van der Waals surface area contributed by atoms with Crippen LogP contribution >= 0.6 is 15.9 Å². The van der Waals surface area contributed by atoms with Gasteiger partial charge in [0.1, 0.15) is 0 Å². The Hall–Kier alpha value is -1.03. The third kappa shape index (κ3) is 4.02. The third-order valence-electron chi connectivity index (χ3n) is 3.40. The molecule has 0 aromatic heterocycles. The van der Waals surface area contributed by atoms with Gasteiger partial charge < -0.3 is 11.1 Å². The maximum Gasteiger partial charge on any atom is 0.188 e. The molecule has 0 unspecified atom stereocenters. The molecule has 1 saturated carbocycles. The van der Waals surface area contributed by atoms with Gasteiger partial charge in [-0.25, -0.2) is 0 Å². The summed E-state index contributed by atoms with van der Waals surface area (Å²) in [4.78, 5) is 4.37. The van der Waals surface area contributed by atoms with Crippen LogP contribution in [-0.2, 0) is 6.42 Å². The van der Waals surface area contributed by atoms with Gasteiger partial charge in [0.25, 0.3) is 0 Å². The molecule has 18 heavy (non-hydrogen) atoms. The standard InChI is InChI=1S/C14H20BrN3/c15-13-7-2-1-6-12(13)8-9-17-14(16)18-10-11-4-3-5-11/h1-2,6-7,11H,3-5,8-10H2,(H3,16,17,18). The molecule has 1 aromatic carbocycles. The molecule has 1 aromatic rings. The fourth-order valence-electron chi connectivity index (χ4n) is 1.99. The number of nitrogens with two attached hydrogens (primary N) is 1. The Morgan fingerprint density at radius 3 is 2.83 bits per heavy atom. The van der Waals surface area contributed by atoms with E-state index in [2.05, 4.69) is 38.4 Å². The number of halogens is 1. The van der Waals surface area contributed by atoms with Gasteiger partial charge in [-0.2, -0.15) is 0 Å². The number of hydrogen-bond donors (Lipinski definition) is 2. The van der Waals surface area contributed by atoms with Gasteiger partial charge in [0.2, 0.25) is 0 Å². The Balaban J connectivity index is 1.69. The third-order valence-corrected chi connectivity index (χ3v) is 4.18. The average molecular weight is 310 g/mol. The van der Waals surface area contributed by atoms with Crippen LogP contribution in [0, 0.1) is 5.92 Å². The Kier molecular flexibility index (Phi) is 5.05. The second-order valence-corrected chi connectivity index (χ2v) is 5.65. The summed E-state index contributed by atoms with van der Waals surface area (Å²) in [5.74, 6) is 1.35. The minimum absolute atomic E-state index is 0.578. The van der Waals surface area contributed by atoms with Crippen molar-refractivity contribution in [1.82, 2.24) is 5.32 Å². The highest BCUT2D eigenvalue weighted by Gasteiger charge is 2.16. The van der Waals surface area contributed by atoms with E-state index < -0.39 is 0 Å². The molecule has 0 radical (unpaired) electrons. The average Bonchev–Trinajstić information content (AvgIpc) is 2.30. The first-order chi connectivity index (χ1) is 8.75. The summed E-state index contributed by atoms with van der Waals surface area (Å²) in [6.45, 7) is 1.70. The lowest BCUT2D eigenvalue weighted by atomic mass is 9.86. The first-order valence-corrected chi connectivity index (χ1v) is 7.32. The van der Waals surface area contributed by atoms with E-state index in [1.807, 2.05) is 12.1 Å². The predicted octanol–water partition coefficient (Wildman–Crippen LogP) is 2.70. The summed E-state index contributed by atoms with van der Waals surface area (Å²) in [7, 11) is 0. The van der Waals surface area contributed by atoms with Crippen LogP contribution in [0.3, 0.4) is 0 Å². The monoisotopic (exact) mass is 309 g/mol. The second-order valence-electron chi connectivity index (χ2n) is 4.79. The fraction of sp³-hybridized carbons (Fsp3) is 0.500. The Labute approximate surface area is 117 Å². The molecule has 2 rings (SSSR count). The maximum atomic E-state index is 5.83. The second kappa shape index (κ2) is 6.78. The van der Waals surface area contributed by atoms with E-state index in [1.54, 1.807) is 0 Å². The molecule has 0 spiro atoms. The van der Waals surface area contributed by atoms with Crippen molar-refractivity contribution in [3.63, 3.8) is 0 Å². The summed E-state index contributed by atoms with van der Waals surface area (Å²) in [6, 6.07) is 8.25. The molecule has 0 amide bonds. The first-order valence-electron chi connectivity index (χ1n) is 6.53. The van der Waals surface area contributed by atoms with E-state index >= 15 is 0 Å². The molecular weight excluding hydrogens is 290 g/mol. The molecule has 4 heteroatoms. The Morgan fingerprint density at radius 2 is 2.17 bits per heavy atom. The zero-order valence-electron chi connectivity index (χ0n) is 10.5. The number of nitrogens with zero attached hydrogens (tertiary/aromatic N) is 1. The fourth-order valence-corrected chi connectivity index (χ4v) is 2.47. The topological polar surface area (TPSA) is 50.4 Å². The van der Waals surface area contributed by atoms with Crippen molar-refractivity contribution in [2.45, 2.75) is 25.7 Å². The van der Waals surface area contributed by atoms with Gasteiger partial charge in [-0.15, -0.1) is 0 Å². The van der Waals surface area contributed by atoms with Gasteiger partial charge >= 0.3 is 0 Å². The Bertz CT molecular complexity index is 413. The van der Waals surface area contributed by atoms with Crippen LogP contribution in [0.2, 0.25) is 0 Å². The molecule has 0 saturated heterocycles. The van der Waals surface area contributed by atoms with Crippen LogP contribution in [0.15, 0.2) is 33.7 Å². The first kappa shape index (κ1) is 13.4. The number of benzene rings is 1. The van der Waals surface area contributed by atoms with Crippen molar-refractivity contribution in [3.8, 4) is 0 Å². The van der Waals surface area contributed by atoms with E-state index in [-0.39, 0.29) is 0 Å². The normalized spacial score (nSPS) is 16.4. The van der Waals surface area contributed by atoms with Crippen LogP contribution in [-0.4, -0.2) is 19.0 Å². The summed E-state index contributed by atoms with van der Waals surface area (Å²) < 4.78 is 1.15. The summed E-state index contributed by atoms with van der Waals surface area (Å²) in [5.41, 5.74) is 7.12. The number of guanidine groups is 1. The highest BCUT2D eigenvalue weighted by atomic mass is 79.9. The van der Waals surface area contributed by atoms with Crippen LogP contribution in [0.1, 0.15) is 24.8 Å². The molecule has 1 aliphatic carbocycles. The molecule has 1 fully saturated rings. The largest absolute Gasteiger partial charge is 0.370 e. The maximum absolute atomic E-state index is 5.83. The van der Waals surface area contributed by atoms with Crippen molar-refractivity contribution in [1.29, 1.82) is 0 Å². The van der Waals surface area contributed by atoms with Crippen LogP contribution < -0.4 is 11.1 Å². The van der Waals surface area contributed by atoms with Crippen molar-refractivity contribution < 1.29 is 0 Å². The predicted molar refractivity (Wildman–Crippen MR) is 79.7 cm³/mol. The van der Waals surface area contributed by atoms with E-state index in [0.29, 0.717) is 5.96 Å². The lowest BCUT2D eigenvalue weighted by Gasteiger charge is -2.23. The molecule has 1 aliphatic rings. The minimum atomic E-state index is 0.578. The quantitative estimate of drug-likeness (QED) is 0.649. The number of rotatable bonds is 5. The summed E-state index contributed by atoms with van der Waals surface area (Å²) >= 11 is 3.54. The molecule has 0 heterocycles. The lowest BCUT2D eigenvalue weighted by Crippen LogP contribution is -2.34. The van der Waals surface area contributed by atoms with Crippen LogP contribution in [0.5, 0.6) is 0 Å². The highest BCUT2D eigenvalue weighted by Crippen LogP contribution is 2.26. The zero-order chi connectivity index (χ0) is 12.8. The van der Waals surface area contributed by atoms with E-state index in [0.717, 1.165) is 29.9 Å². The van der Waals surface area contributed by atoms with Crippen LogP contribution in [0.4, 0.5) is 0 Å². The van der Waals surface area contributed by atoms with Gasteiger partial charge in [0.15, 0.2) is 5.96 Å². The molecule has 3 nitrogen and oxygen atoms in total. The minimum Gasteiger partial charge on any atom is -0.370 e. The molecule has 0 aliphatic heterocycles. The molecule has 0 bridgehead atoms. The van der Waals surface area contributed by atoms with Crippen molar-refractivity contribution >= 4 is 21.9 Å². The van der Waals surface area contributed by atoms with Crippen molar-refractivity contribution in [2.24, 2.45) is 16.6 Å². The Morgan fingerprint density at radius 1 is 1.39 bits per heavy atom. The molecule has 98 valence electrons. The van der Waals surface area contributed by atoms with Crippen molar-refractivity contribution in [3.05, 3.63) is 34.3 Å². The number of aliphatic imine (C=N–C) groups is 1.